The van der Waals surface area contributed by atoms with Crippen molar-refractivity contribution in [3.05, 3.63) is 59.9 Å². The van der Waals surface area contributed by atoms with Gasteiger partial charge in [-0.1, -0.05) is 18.2 Å². The quantitative estimate of drug-likeness (QED) is 0.762. The van der Waals surface area contributed by atoms with Crippen LogP contribution < -0.4 is 10.1 Å². The molecule has 0 radical (unpaired) electrons. The van der Waals surface area contributed by atoms with Crippen molar-refractivity contribution < 1.29 is 9.53 Å². The summed E-state index contributed by atoms with van der Waals surface area (Å²) in [6, 6.07) is 12.1. The molecule has 5 nitrogen and oxygen atoms in total. The first-order valence-corrected chi connectivity index (χ1v) is 8.56. The maximum absolute atomic E-state index is 12.1. The highest BCUT2D eigenvalue weighted by Gasteiger charge is 2.15. The van der Waals surface area contributed by atoms with Gasteiger partial charge in [0.05, 0.1) is 13.2 Å². The van der Waals surface area contributed by atoms with Gasteiger partial charge in [0.1, 0.15) is 5.75 Å². The van der Waals surface area contributed by atoms with Gasteiger partial charge in [-0.25, -0.2) is 0 Å². The number of pyridine rings is 1. The van der Waals surface area contributed by atoms with E-state index in [9.17, 15) is 4.79 Å². The summed E-state index contributed by atoms with van der Waals surface area (Å²) in [5.74, 6) is 0.921. The van der Waals surface area contributed by atoms with Crippen LogP contribution in [0.25, 0.3) is 0 Å². The second kappa shape index (κ2) is 9.79. The van der Waals surface area contributed by atoms with Gasteiger partial charge in [-0.3, -0.25) is 9.78 Å². The normalized spacial score (nSPS) is 12.0. The molecular weight excluding hydrogens is 314 g/mol. The van der Waals surface area contributed by atoms with Gasteiger partial charge < -0.3 is 15.0 Å². The molecule has 0 saturated carbocycles. The Labute approximate surface area is 150 Å². The van der Waals surface area contributed by atoms with Crippen molar-refractivity contribution in [3.8, 4) is 5.75 Å². The van der Waals surface area contributed by atoms with Crippen molar-refractivity contribution >= 4 is 5.91 Å². The number of nitrogens with one attached hydrogen (secondary N) is 1. The molecule has 2 aromatic rings. The first-order chi connectivity index (χ1) is 12.1. The Morgan fingerprint density at radius 3 is 2.60 bits per heavy atom. The number of carbonyl (C=O) groups excluding carboxylic acids is 1. The second-order valence-electron chi connectivity index (χ2n) is 6.27. The average molecular weight is 341 g/mol. The molecule has 1 aromatic heterocycles. The molecule has 134 valence electrons. The van der Waals surface area contributed by atoms with Gasteiger partial charge in [-0.15, -0.1) is 0 Å². The maximum Gasteiger partial charge on any atom is 0.220 e. The molecule has 0 bridgehead atoms. The number of carbonyl (C=O) groups is 1. The van der Waals surface area contributed by atoms with E-state index in [1.807, 2.05) is 56.7 Å². The largest absolute Gasteiger partial charge is 0.497 e. The highest BCUT2D eigenvalue weighted by Crippen LogP contribution is 2.20. The van der Waals surface area contributed by atoms with Crippen LogP contribution in [0.5, 0.6) is 5.75 Å². The summed E-state index contributed by atoms with van der Waals surface area (Å²) in [5.41, 5.74) is 2.32. The summed E-state index contributed by atoms with van der Waals surface area (Å²) in [6.07, 6.45) is 5.83. The Morgan fingerprint density at radius 2 is 2.00 bits per heavy atom. The van der Waals surface area contributed by atoms with Crippen LogP contribution in [0.3, 0.4) is 0 Å². The molecule has 0 aliphatic heterocycles. The molecule has 0 aliphatic rings. The Morgan fingerprint density at radius 1 is 1.24 bits per heavy atom. The minimum absolute atomic E-state index is 0.0873. The standard InChI is InChI=1S/C20H27N3O2/c1-23(2)19(17-9-11-18(25-3)12-10-17)15-22-20(24)8-4-6-16-7-5-13-21-14-16/h5,7,9-14,19H,4,6,8,15H2,1-3H3,(H,22,24). The van der Waals surface area contributed by atoms with E-state index in [1.54, 1.807) is 13.3 Å². The van der Waals surface area contributed by atoms with E-state index in [2.05, 4.69) is 15.2 Å². The van der Waals surface area contributed by atoms with E-state index in [1.165, 1.54) is 5.56 Å². The van der Waals surface area contributed by atoms with Gasteiger partial charge >= 0.3 is 0 Å². The SMILES string of the molecule is COc1ccc(C(CNC(=O)CCCc2cccnc2)N(C)C)cc1. The number of aryl methyl sites for hydroxylation is 1. The molecule has 0 saturated heterocycles. The molecule has 2 rings (SSSR count). The van der Waals surface area contributed by atoms with E-state index in [4.69, 9.17) is 4.74 Å². The molecular formula is C20H27N3O2. The van der Waals surface area contributed by atoms with Gasteiger partial charge in [0.2, 0.25) is 5.91 Å². The predicted molar refractivity (Wildman–Crippen MR) is 99.6 cm³/mol. The van der Waals surface area contributed by atoms with Crippen molar-refractivity contribution in [2.75, 3.05) is 27.7 Å². The molecule has 1 atom stereocenters. The Kier molecular flexibility index (Phi) is 7.41. The lowest BCUT2D eigenvalue weighted by atomic mass is 10.1. The average Bonchev–Trinajstić information content (AvgIpc) is 2.63. The van der Waals surface area contributed by atoms with Crippen LogP contribution in [0.2, 0.25) is 0 Å². The fourth-order valence-electron chi connectivity index (χ4n) is 2.72. The molecule has 1 unspecified atom stereocenters. The third-order valence-electron chi connectivity index (χ3n) is 4.21. The molecule has 5 heteroatoms. The number of methoxy groups -OCH3 is 1. The van der Waals surface area contributed by atoms with Crippen molar-refractivity contribution in [1.82, 2.24) is 15.2 Å². The number of hydrogen-bond donors (Lipinski definition) is 1. The third kappa shape index (κ3) is 6.19. The maximum atomic E-state index is 12.1. The number of rotatable bonds is 9. The topological polar surface area (TPSA) is 54.5 Å². The summed E-state index contributed by atoms with van der Waals surface area (Å²) in [6.45, 7) is 0.588. The molecule has 25 heavy (non-hydrogen) atoms. The van der Waals surface area contributed by atoms with Crippen LogP contribution in [-0.4, -0.2) is 43.5 Å². The van der Waals surface area contributed by atoms with Crippen LogP contribution in [0.4, 0.5) is 0 Å². The Bertz CT molecular complexity index is 642. The van der Waals surface area contributed by atoms with Crippen LogP contribution in [0, 0.1) is 0 Å². The predicted octanol–water partition coefficient (Wildman–Crippen LogP) is 2.83. The van der Waals surface area contributed by atoms with E-state index < -0.39 is 0 Å². The summed E-state index contributed by atoms with van der Waals surface area (Å²) in [7, 11) is 5.69. The van der Waals surface area contributed by atoms with Crippen LogP contribution >= 0.6 is 0 Å². The lowest BCUT2D eigenvalue weighted by Gasteiger charge is -2.25. The van der Waals surface area contributed by atoms with Crippen molar-refractivity contribution in [1.29, 1.82) is 0 Å². The molecule has 1 aromatic carbocycles. The number of nitrogens with zero attached hydrogens (tertiary/aromatic N) is 2. The first-order valence-electron chi connectivity index (χ1n) is 8.56. The number of aromatic nitrogens is 1. The number of ether oxygens (including phenoxy) is 1. The van der Waals surface area contributed by atoms with Crippen molar-refractivity contribution in [2.45, 2.75) is 25.3 Å². The first kappa shape index (κ1) is 18.9. The number of amides is 1. The van der Waals surface area contributed by atoms with Gasteiger partial charge in [0.15, 0.2) is 0 Å². The van der Waals surface area contributed by atoms with E-state index >= 15 is 0 Å². The monoisotopic (exact) mass is 341 g/mol. The zero-order valence-electron chi connectivity index (χ0n) is 15.2. The van der Waals surface area contributed by atoms with Crippen molar-refractivity contribution in [2.24, 2.45) is 0 Å². The minimum Gasteiger partial charge on any atom is -0.497 e. The zero-order chi connectivity index (χ0) is 18.1. The van der Waals surface area contributed by atoms with Gasteiger partial charge in [-0.2, -0.15) is 0 Å². The molecule has 0 fully saturated rings. The Balaban J connectivity index is 1.80. The molecule has 1 N–H and O–H groups in total. The summed E-state index contributed by atoms with van der Waals surface area (Å²) in [5, 5.41) is 3.05. The Hall–Kier alpha value is -2.40. The van der Waals surface area contributed by atoms with Gasteiger partial charge in [0.25, 0.3) is 0 Å². The summed E-state index contributed by atoms with van der Waals surface area (Å²) >= 11 is 0. The third-order valence-corrected chi connectivity index (χ3v) is 4.21. The summed E-state index contributed by atoms with van der Waals surface area (Å²) in [4.78, 5) is 18.3. The second-order valence-corrected chi connectivity index (χ2v) is 6.27. The number of benzene rings is 1. The molecule has 1 heterocycles. The molecule has 1 amide bonds. The molecule has 0 aliphatic carbocycles. The summed E-state index contributed by atoms with van der Waals surface area (Å²) < 4.78 is 5.20. The minimum atomic E-state index is 0.0873. The van der Waals surface area contributed by atoms with Crippen LogP contribution in [0.1, 0.15) is 30.0 Å². The lowest BCUT2D eigenvalue weighted by Crippen LogP contribution is -2.34. The van der Waals surface area contributed by atoms with E-state index in [-0.39, 0.29) is 11.9 Å². The fourth-order valence-corrected chi connectivity index (χ4v) is 2.72. The molecule has 0 spiro atoms. The van der Waals surface area contributed by atoms with Gasteiger partial charge in [0, 0.05) is 25.4 Å². The highest BCUT2D eigenvalue weighted by molar-refractivity contribution is 5.75. The van der Waals surface area contributed by atoms with E-state index in [0.717, 1.165) is 24.2 Å². The lowest BCUT2D eigenvalue weighted by molar-refractivity contribution is -0.121. The van der Waals surface area contributed by atoms with E-state index in [0.29, 0.717) is 13.0 Å². The van der Waals surface area contributed by atoms with Crippen molar-refractivity contribution in [3.63, 3.8) is 0 Å². The number of hydrogen-bond acceptors (Lipinski definition) is 4. The van der Waals surface area contributed by atoms with Crippen LogP contribution in [-0.2, 0) is 11.2 Å². The number of likely N-dealkylation sites (N-methyl/N-ethyl adjacent to an activating group) is 1. The zero-order valence-corrected chi connectivity index (χ0v) is 15.2. The fraction of sp³-hybridized carbons (Fsp3) is 0.400. The van der Waals surface area contributed by atoms with Crippen LogP contribution in [0.15, 0.2) is 48.8 Å². The smallest absolute Gasteiger partial charge is 0.220 e. The highest BCUT2D eigenvalue weighted by atomic mass is 16.5. The van der Waals surface area contributed by atoms with Gasteiger partial charge in [-0.05, 0) is 56.3 Å².